The zero-order chi connectivity index (χ0) is 13.8. The van der Waals surface area contributed by atoms with Gasteiger partial charge in [-0.15, -0.1) is 0 Å². The summed E-state index contributed by atoms with van der Waals surface area (Å²) in [6.45, 7) is 0. The highest BCUT2D eigenvalue weighted by Gasteiger charge is 2.10. The van der Waals surface area contributed by atoms with Crippen molar-refractivity contribution in [3.05, 3.63) is 53.8 Å². The summed E-state index contributed by atoms with van der Waals surface area (Å²) in [6.07, 6.45) is 0. The molecule has 0 saturated heterocycles. The molecule has 100 valence electrons. The molecule has 2 aromatic carbocycles. The number of hydrogen-bond acceptors (Lipinski definition) is 3. The molecule has 0 saturated carbocycles. The Morgan fingerprint density at radius 2 is 1.89 bits per heavy atom. The van der Waals surface area contributed by atoms with E-state index in [-0.39, 0.29) is 5.75 Å². The summed E-state index contributed by atoms with van der Waals surface area (Å²) in [5, 5.41) is 0. The van der Waals surface area contributed by atoms with Crippen LogP contribution in [-0.4, -0.2) is 11.3 Å². The minimum Gasteiger partial charge on any atom is -0.497 e. The van der Waals surface area contributed by atoms with Crippen molar-refractivity contribution in [1.29, 1.82) is 0 Å². The van der Waals surface area contributed by atoms with E-state index >= 15 is 0 Å². The van der Waals surface area contributed by atoms with E-state index in [1.165, 1.54) is 18.2 Å². The van der Waals surface area contributed by atoms with Crippen molar-refractivity contribution in [3.63, 3.8) is 0 Å². The monoisotopic (exact) mass is 279 g/mol. The maximum absolute atomic E-state index is 13.1. The Kier molecular flexibility index (Phi) is 4.16. The third-order valence-corrected chi connectivity index (χ3v) is 4.12. The first-order chi connectivity index (χ1) is 9.10. The molecule has 0 aromatic heterocycles. The van der Waals surface area contributed by atoms with Crippen molar-refractivity contribution in [3.8, 4) is 5.75 Å². The molecule has 0 spiro atoms. The maximum atomic E-state index is 13.1. The van der Waals surface area contributed by atoms with E-state index in [1.54, 1.807) is 19.2 Å². The van der Waals surface area contributed by atoms with E-state index in [0.717, 1.165) is 11.3 Å². The average molecular weight is 279 g/mol. The topological polar surface area (TPSA) is 52.3 Å². The van der Waals surface area contributed by atoms with Gasteiger partial charge < -0.3 is 10.5 Å². The van der Waals surface area contributed by atoms with Crippen molar-refractivity contribution in [2.75, 3.05) is 12.8 Å². The number of nitrogens with two attached hydrogens (primary N) is 1. The quantitative estimate of drug-likeness (QED) is 0.875. The largest absolute Gasteiger partial charge is 0.497 e. The maximum Gasteiger partial charge on any atom is 0.124 e. The van der Waals surface area contributed by atoms with Crippen LogP contribution in [0, 0.1) is 5.82 Å². The van der Waals surface area contributed by atoms with Crippen LogP contribution in [0.2, 0.25) is 0 Å². The van der Waals surface area contributed by atoms with Gasteiger partial charge in [0.05, 0.1) is 28.6 Å². The van der Waals surface area contributed by atoms with Gasteiger partial charge in [0.25, 0.3) is 0 Å². The minimum absolute atomic E-state index is 0.289. The molecule has 1 unspecified atom stereocenters. The van der Waals surface area contributed by atoms with E-state index in [1.807, 2.05) is 12.1 Å². The Hall–Kier alpha value is -1.88. The Bertz CT molecular complexity index is 599. The molecule has 0 aliphatic carbocycles. The predicted molar refractivity (Wildman–Crippen MR) is 73.9 cm³/mol. The van der Waals surface area contributed by atoms with E-state index in [2.05, 4.69) is 0 Å². The number of halogens is 1. The second-order valence-corrected chi connectivity index (χ2v) is 5.44. The van der Waals surface area contributed by atoms with Crippen molar-refractivity contribution < 1.29 is 13.3 Å². The highest BCUT2D eigenvalue weighted by atomic mass is 32.2. The van der Waals surface area contributed by atoms with Gasteiger partial charge >= 0.3 is 0 Å². The SMILES string of the molecule is COc1ccc(CS(=O)c2cc(F)ccc2N)cc1. The molecule has 2 rings (SSSR count). The van der Waals surface area contributed by atoms with Gasteiger partial charge in [-0.1, -0.05) is 12.1 Å². The van der Waals surface area contributed by atoms with Crippen LogP contribution in [0.5, 0.6) is 5.75 Å². The third-order valence-electron chi connectivity index (χ3n) is 2.68. The summed E-state index contributed by atoms with van der Waals surface area (Å²) in [7, 11) is 0.213. The second-order valence-electron chi connectivity index (χ2n) is 4.02. The summed E-state index contributed by atoms with van der Waals surface area (Å²) in [6, 6.07) is 11.1. The lowest BCUT2D eigenvalue weighted by molar-refractivity contribution is 0.414. The van der Waals surface area contributed by atoms with Crippen LogP contribution in [0.25, 0.3) is 0 Å². The van der Waals surface area contributed by atoms with Gasteiger partial charge in [-0.25, -0.2) is 4.39 Å². The summed E-state index contributed by atoms with van der Waals surface area (Å²) >= 11 is 0. The highest BCUT2D eigenvalue weighted by Crippen LogP contribution is 2.21. The Balaban J connectivity index is 2.18. The fraction of sp³-hybridized carbons (Fsp3) is 0.143. The molecular formula is C14H14FNO2S. The first-order valence-electron chi connectivity index (χ1n) is 5.66. The van der Waals surface area contributed by atoms with Crippen molar-refractivity contribution in [2.45, 2.75) is 10.6 Å². The van der Waals surface area contributed by atoms with E-state index < -0.39 is 16.6 Å². The molecular weight excluding hydrogens is 265 g/mol. The molecule has 0 aliphatic heterocycles. The van der Waals surface area contributed by atoms with Crippen LogP contribution in [0.1, 0.15) is 5.56 Å². The summed E-state index contributed by atoms with van der Waals surface area (Å²) in [5.41, 5.74) is 6.93. The zero-order valence-electron chi connectivity index (χ0n) is 10.4. The number of nitrogen functional groups attached to an aromatic ring is 1. The van der Waals surface area contributed by atoms with Gasteiger partial charge in [-0.05, 0) is 35.9 Å². The van der Waals surface area contributed by atoms with E-state index in [9.17, 15) is 8.60 Å². The van der Waals surface area contributed by atoms with Gasteiger partial charge in [0.15, 0.2) is 0 Å². The lowest BCUT2D eigenvalue weighted by Gasteiger charge is -2.07. The second kappa shape index (κ2) is 5.84. The molecule has 0 aliphatic rings. The van der Waals surface area contributed by atoms with Crippen LogP contribution < -0.4 is 10.5 Å². The molecule has 0 fully saturated rings. The van der Waals surface area contributed by atoms with Crippen LogP contribution in [0.3, 0.4) is 0 Å². The molecule has 5 heteroatoms. The van der Waals surface area contributed by atoms with Crippen molar-refractivity contribution in [1.82, 2.24) is 0 Å². The number of rotatable bonds is 4. The van der Waals surface area contributed by atoms with Crippen molar-refractivity contribution in [2.24, 2.45) is 0 Å². The first kappa shape index (κ1) is 13.5. The average Bonchev–Trinajstić information content (AvgIpc) is 2.42. The number of anilines is 1. The standard InChI is InChI=1S/C14H14FNO2S/c1-18-12-5-2-10(3-6-12)9-19(17)14-8-11(15)4-7-13(14)16/h2-8H,9,16H2,1H3. The van der Waals surface area contributed by atoms with Crippen LogP contribution >= 0.6 is 0 Å². The molecule has 0 amide bonds. The molecule has 2 N–H and O–H groups in total. The van der Waals surface area contributed by atoms with E-state index in [0.29, 0.717) is 10.6 Å². The van der Waals surface area contributed by atoms with Crippen LogP contribution in [0.4, 0.5) is 10.1 Å². The van der Waals surface area contributed by atoms with Crippen LogP contribution in [0.15, 0.2) is 47.4 Å². The van der Waals surface area contributed by atoms with Gasteiger partial charge in [-0.3, -0.25) is 4.21 Å². The Morgan fingerprint density at radius 3 is 2.53 bits per heavy atom. The molecule has 0 heterocycles. The van der Waals surface area contributed by atoms with Gasteiger partial charge in [0, 0.05) is 5.69 Å². The molecule has 0 bridgehead atoms. The molecule has 0 radical (unpaired) electrons. The number of ether oxygens (including phenoxy) is 1. The van der Waals surface area contributed by atoms with E-state index in [4.69, 9.17) is 10.5 Å². The number of methoxy groups -OCH3 is 1. The lowest BCUT2D eigenvalue weighted by Crippen LogP contribution is -2.01. The van der Waals surface area contributed by atoms with Gasteiger partial charge in [0.2, 0.25) is 0 Å². The van der Waals surface area contributed by atoms with Crippen molar-refractivity contribution >= 4 is 16.5 Å². The van der Waals surface area contributed by atoms with Gasteiger partial charge in [0.1, 0.15) is 11.6 Å². The summed E-state index contributed by atoms with van der Waals surface area (Å²) in [5.74, 6) is 0.588. The fourth-order valence-corrected chi connectivity index (χ4v) is 2.88. The summed E-state index contributed by atoms with van der Waals surface area (Å²) < 4.78 is 30.4. The normalized spacial score (nSPS) is 12.1. The highest BCUT2D eigenvalue weighted by molar-refractivity contribution is 7.84. The zero-order valence-corrected chi connectivity index (χ0v) is 11.2. The number of benzene rings is 2. The summed E-state index contributed by atoms with van der Waals surface area (Å²) in [4.78, 5) is 0.329. The van der Waals surface area contributed by atoms with Crippen LogP contribution in [-0.2, 0) is 16.6 Å². The molecule has 3 nitrogen and oxygen atoms in total. The fourth-order valence-electron chi connectivity index (χ4n) is 1.66. The van der Waals surface area contributed by atoms with Gasteiger partial charge in [-0.2, -0.15) is 0 Å². The lowest BCUT2D eigenvalue weighted by atomic mass is 10.2. The predicted octanol–water partition coefficient (Wildman–Crippen LogP) is 2.72. The Morgan fingerprint density at radius 1 is 1.21 bits per heavy atom. The molecule has 1 atom stereocenters. The first-order valence-corrected chi connectivity index (χ1v) is 6.98. The smallest absolute Gasteiger partial charge is 0.124 e. The Labute approximate surface area is 113 Å². The molecule has 19 heavy (non-hydrogen) atoms. The third kappa shape index (κ3) is 3.32. The number of hydrogen-bond donors (Lipinski definition) is 1. The minimum atomic E-state index is -1.37. The molecule has 2 aromatic rings.